The molecule has 1 N–H and O–H groups in total. The summed E-state index contributed by atoms with van der Waals surface area (Å²) < 4.78 is 64.9. The van der Waals surface area contributed by atoms with Crippen molar-refractivity contribution in [2.75, 3.05) is 11.1 Å². The van der Waals surface area contributed by atoms with Gasteiger partial charge in [-0.1, -0.05) is 45.0 Å². The summed E-state index contributed by atoms with van der Waals surface area (Å²) in [5, 5.41) is 2.87. The fourth-order valence-corrected chi connectivity index (χ4v) is 5.21. The van der Waals surface area contributed by atoms with Gasteiger partial charge in [0.2, 0.25) is 5.91 Å². The van der Waals surface area contributed by atoms with Gasteiger partial charge in [-0.3, -0.25) is 4.79 Å². The third kappa shape index (κ3) is 6.86. The molecule has 0 saturated carbocycles. The second-order valence-electron chi connectivity index (χ2n) is 9.88. The number of benzene rings is 3. The normalized spacial score (nSPS) is 12.3. The zero-order valence-corrected chi connectivity index (χ0v) is 22.7. The van der Waals surface area contributed by atoms with E-state index < -0.39 is 21.6 Å². The average molecular weight is 558 g/mol. The van der Waals surface area contributed by atoms with Crippen molar-refractivity contribution in [1.82, 2.24) is 9.55 Å². The molecule has 206 valence electrons. The molecule has 0 aliphatic carbocycles. The summed E-state index contributed by atoms with van der Waals surface area (Å²) in [6, 6.07) is 16.8. The van der Waals surface area contributed by atoms with E-state index in [-0.39, 0.29) is 23.0 Å². The number of hydrogen-bond donors (Lipinski definition) is 1. The number of halogens is 3. The maximum Gasteiger partial charge on any atom is 0.416 e. The van der Waals surface area contributed by atoms with E-state index >= 15 is 0 Å². The fraction of sp³-hybridized carbons (Fsp3) is 0.310. The third-order valence-electron chi connectivity index (χ3n) is 6.33. The number of nitrogens with zero attached hydrogens (tertiary/aromatic N) is 2. The SMILES string of the molecule is CCS(=O)(=O)c1ccc(CC(=O)Nc2ccc3c(c2)nc(Cc2ccc(C(F)(F)F)cc2)n3CC(C)C)cc1. The second-order valence-corrected chi connectivity index (χ2v) is 12.2. The molecule has 0 fully saturated rings. The number of sulfone groups is 1. The van der Waals surface area contributed by atoms with Crippen LogP contribution >= 0.6 is 0 Å². The molecule has 0 saturated heterocycles. The van der Waals surface area contributed by atoms with E-state index in [1.54, 1.807) is 31.2 Å². The van der Waals surface area contributed by atoms with Gasteiger partial charge in [0, 0.05) is 18.7 Å². The molecule has 10 heteroatoms. The molecule has 0 unspecified atom stereocenters. The van der Waals surface area contributed by atoms with Crippen molar-refractivity contribution in [2.45, 2.75) is 51.2 Å². The average Bonchev–Trinajstić information content (AvgIpc) is 3.19. The Balaban J connectivity index is 1.53. The predicted octanol–water partition coefficient (Wildman–Crippen LogP) is 6.28. The number of alkyl halides is 3. The van der Waals surface area contributed by atoms with Gasteiger partial charge in [-0.25, -0.2) is 13.4 Å². The summed E-state index contributed by atoms with van der Waals surface area (Å²) in [5.41, 5.74) is 2.82. The maximum atomic E-state index is 12.9. The molecule has 3 aromatic carbocycles. The van der Waals surface area contributed by atoms with Gasteiger partial charge in [-0.05, 0) is 59.5 Å². The molecule has 6 nitrogen and oxygen atoms in total. The molecule has 1 amide bonds. The molecule has 0 radical (unpaired) electrons. The van der Waals surface area contributed by atoms with E-state index in [1.165, 1.54) is 24.3 Å². The number of anilines is 1. The molecule has 0 aliphatic rings. The second kappa shape index (κ2) is 11.2. The Bertz CT molecular complexity index is 1570. The highest BCUT2D eigenvalue weighted by molar-refractivity contribution is 7.91. The van der Waals surface area contributed by atoms with Crippen LogP contribution in [-0.4, -0.2) is 29.6 Å². The van der Waals surface area contributed by atoms with Gasteiger partial charge in [0.05, 0.1) is 33.7 Å². The highest BCUT2D eigenvalue weighted by atomic mass is 32.2. The van der Waals surface area contributed by atoms with E-state index in [0.29, 0.717) is 35.7 Å². The first-order chi connectivity index (χ1) is 18.4. The molecule has 0 spiro atoms. The van der Waals surface area contributed by atoms with Crippen molar-refractivity contribution in [3.05, 3.63) is 89.2 Å². The molecule has 0 bridgehead atoms. The van der Waals surface area contributed by atoms with Crippen molar-refractivity contribution in [3.8, 4) is 0 Å². The lowest BCUT2D eigenvalue weighted by Crippen LogP contribution is -2.14. The number of carbonyl (C=O) groups is 1. The van der Waals surface area contributed by atoms with Crippen LogP contribution in [0.2, 0.25) is 0 Å². The van der Waals surface area contributed by atoms with E-state index in [1.807, 2.05) is 6.07 Å². The number of nitrogens with one attached hydrogen (secondary N) is 1. The first-order valence-electron chi connectivity index (χ1n) is 12.6. The van der Waals surface area contributed by atoms with E-state index in [9.17, 15) is 26.4 Å². The summed E-state index contributed by atoms with van der Waals surface area (Å²) in [4.78, 5) is 17.7. The molecule has 0 aliphatic heterocycles. The number of carbonyl (C=O) groups excluding carboxylic acids is 1. The standard InChI is InChI=1S/C29H30F3N3O3S/c1-4-39(37,38)24-12-7-21(8-13-24)16-28(36)33-23-11-14-26-25(17-23)34-27(35(26)18-19(2)3)15-20-5-9-22(10-6-20)29(30,31)32/h5-14,17,19H,4,15-16,18H2,1-3H3,(H,33,36). The number of rotatable bonds is 9. The zero-order valence-electron chi connectivity index (χ0n) is 21.9. The lowest BCUT2D eigenvalue weighted by Gasteiger charge is -2.13. The maximum absolute atomic E-state index is 12.9. The van der Waals surface area contributed by atoms with Crippen LogP contribution in [0, 0.1) is 5.92 Å². The largest absolute Gasteiger partial charge is 0.416 e. The summed E-state index contributed by atoms with van der Waals surface area (Å²) in [7, 11) is -3.30. The van der Waals surface area contributed by atoms with Gasteiger partial charge in [-0.15, -0.1) is 0 Å². The van der Waals surface area contributed by atoms with Crippen LogP contribution in [0.3, 0.4) is 0 Å². The van der Waals surface area contributed by atoms with Crippen molar-refractivity contribution in [2.24, 2.45) is 5.92 Å². The number of fused-ring (bicyclic) bond motifs is 1. The first-order valence-corrected chi connectivity index (χ1v) is 14.3. The molecule has 1 heterocycles. The highest BCUT2D eigenvalue weighted by Gasteiger charge is 2.30. The lowest BCUT2D eigenvalue weighted by atomic mass is 10.1. The third-order valence-corrected chi connectivity index (χ3v) is 8.08. The number of hydrogen-bond acceptors (Lipinski definition) is 4. The van der Waals surface area contributed by atoms with Gasteiger partial charge >= 0.3 is 6.18 Å². The molecule has 0 atom stereocenters. The van der Waals surface area contributed by atoms with Crippen molar-refractivity contribution in [1.29, 1.82) is 0 Å². The molecular formula is C29H30F3N3O3S. The summed E-state index contributed by atoms with van der Waals surface area (Å²) in [5.74, 6) is 0.789. The number of aromatic nitrogens is 2. The van der Waals surface area contributed by atoms with Gasteiger partial charge in [0.25, 0.3) is 0 Å². The van der Waals surface area contributed by atoms with E-state index in [4.69, 9.17) is 4.98 Å². The quantitative estimate of drug-likeness (QED) is 0.263. The Morgan fingerprint density at radius 1 is 0.974 bits per heavy atom. The zero-order chi connectivity index (χ0) is 28.4. The van der Waals surface area contributed by atoms with E-state index in [0.717, 1.165) is 29.0 Å². The van der Waals surface area contributed by atoms with E-state index in [2.05, 4.69) is 23.7 Å². The van der Waals surface area contributed by atoms with Crippen LogP contribution < -0.4 is 5.32 Å². The molecular weight excluding hydrogens is 527 g/mol. The monoisotopic (exact) mass is 557 g/mol. The van der Waals surface area contributed by atoms with Gasteiger partial charge in [0.15, 0.2) is 9.84 Å². The van der Waals surface area contributed by atoms with Gasteiger partial charge in [-0.2, -0.15) is 13.2 Å². The molecule has 4 rings (SSSR count). The minimum atomic E-state index is -4.39. The fourth-order valence-electron chi connectivity index (χ4n) is 4.33. The Morgan fingerprint density at radius 3 is 2.21 bits per heavy atom. The lowest BCUT2D eigenvalue weighted by molar-refractivity contribution is -0.137. The smallest absolute Gasteiger partial charge is 0.327 e. The first kappa shape index (κ1) is 28.4. The van der Waals surface area contributed by atoms with Crippen LogP contribution in [0.4, 0.5) is 18.9 Å². The number of amides is 1. The minimum Gasteiger partial charge on any atom is -0.327 e. The van der Waals surface area contributed by atoms with Crippen LogP contribution in [0.25, 0.3) is 11.0 Å². The van der Waals surface area contributed by atoms with Crippen molar-refractivity contribution in [3.63, 3.8) is 0 Å². The van der Waals surface area contributed by atoms with Crippen LogP contribution in [0.15, 0.2) is 71.6 Å². The summed E-state index contributed by atoms with van der Waals surface area (Å²) >= 11 is 0. The summed E-state index contributed by atoms with van der Waals surface area (Å²) in [6.45, 7) is 6.41. The number of imidazole rings is 1. The minimum absolute atomic E-state index is 0.00823. The van der Waals surface area contributed by atoms with Crippen LogP contribution in [-0.2, 0) is 40.2 Å². The Hall–Kier alpha value is -3.66. The van der Waals surface area contributed by atoms with Gasteiger partial charge < -0.3 is 9.88 Å². The molecule has 1 aromatic heterocycles. The van der Waals surface area contributed by atoms with Crippen molar-refractivity contribution >= 4 is 32.5 Å². The topological polar surface area (TPSA) is 81.1 Å². The van der Waals surface area contributed by atoms with Gasteiger partial charge in [0.1, 0.15) is 5.82 Å². The Labute approximate surface area is 225 Å². The molecule has 39 heavy (non-hydrogen) atoms. The van der Waals surface area contributed by atoms with Crippen molar-refractivity contribution < 1.29 is 26.4 Å². The highest BCUT2D eigenvalue weighted by Crippen LogP contribution is 2.30. The van der Waals surface area contributed by atoms with Crippen LogP contribution in [0.5, 0.6) is 0 Å². The molecule has 4 aromatic rings. The Morgan fingerprint density at radius 2 is 1.62 bits per heavy atom. The summed E-state index contributed by atoms with van der Waals surface area (Å²) in [6.07, 6.45) is -3.94. The van der Waals surface area contributed by atoms with Crippen LogP contribution in [0.1, 0.15) is 43.3 Å². The Kier molecular flexibility index (Phi) is 8.15. The predicted molar refractivity (Wildman–Crippen MR) is 145 cm³/mol.